The number of rotatable bonds is 4. The van der Waals surface area contributed by atoms with Gasteiger partial charge in [-0.1, -0.05) is 6.07 Å². The van der Waals surface area contributed by atoms with Crippen LogP contribution in [0, 0.1) is 10.1 Å². The number of benzene rings is 1. The number of carbonyl (C=O) groups is 1. The fourth-order valence-electron chi connectivity index (χ4n) is 2.23. The lowest BCUT2D eigenvalue weighted by atomic mass is 10.1. The van der Waals surface area contributed by atoms with Gasteiger partial charge in [-0.2, -0.15) is 0 Å². The van der Waals surface area contributed by atoms with E-state index in [0.29, 0.717) is 13.0 Å². The van der Waals surface area contributed by atoms with E-state index in [4.69, 9.17) is 4.74 Å². The molecule has 0 spiro atoms. The summed E-state index contributed by atoms with van der Waals surface area (Å²) in [6.07, 6.45) is -0.0156. The van der Waals surface area contributed by atoms with Gasteiger partial charge in [-0.15, -0.1) is 0 Å². The number of amides is 1. The lowest BCUT2D eigenvalue weighted by Crippen LogP contribution is -2.30. The first-order valence-corrected chi connectivity index (χ1v) is 6.42. The van der Waals surface area contributed by atoms with Gasteiger partial charge >= 0.3 is 5.69 Å². The average molecular weight is 280 g/mol. The van der Waals surface area contributed by atoms with Crippen LogP contribution in [0.2, 0.25) is 0 Å². The molecule has 0 bridgehead atoms. The second-order valence-electron chi connectivity index (χ2n) is 4.54. The van der Waals surface area contributed by atoms with E-state index in [1.165, 1.54) is 23.1 Å². The third-order valence-electron chi connectivity index (χ3n) is 3.16. The van der Waals surface area contributed by atoms with Crippen LogP contribution in [0.4, 0.5) is 5.69 Å². The zero-order valence-electron chi connectivity index (χ0n) is 11.1. The van der Waals surface area contributed by atoms with E-state index < -0.39 is 11.0 Å². The summed E-state index contributed by atoms with van der Waals surface area (Å²) in [5.74, 6) is -0.361. The van der Waals surface area contributed by atoms with Crippen LogP contribution in [0.1, 0.15) is 23.7 Å². The number of nitrogens with zero attached hydrogens (tertiary/aromatic N) is 2. The van der Waals surface area contributed by atoms with E-state index in [-0.39, 0.29) is 36.1 Å². The predicted molar refractivity (Wildman–Crippen MR) is 70.8 cm³/mol. The van der Waals surface area contributed by atoms with Crippen molar-refractivity contribution >= 4 is 11.6 Å². The minimum Gasteiger partial charge on any atom is -0.487 e. The van der Waals surface area contributed by atoms with E-state index in [0.717, 1.165) is 0 Å². The Kier molecular flexibility index (Phi) is 4.19. The van der Waals surface area contributed by atoms with Gasteiger partial charge in [-0.3, -0.25) is 14.9 Å². The molecule has 108 valence electrons. The number of β-amino-alcohol motifs (C(OH)–C–C–N with tert-alkyl or cyclic N) is 1. The van der Waals surface area contributed by atoms with Crippen molar-refractivity contribution in [2.75, 3.05) is 19.7 Å². The Balaban J connectivity index is 2.37. The van der Waals surface area contributed by atoms with Gasteiger partial charge in [0.25, 0.3) is 5.91 Å². The van der Waals surface area contributed by atoms with E-state index in [1.807, 2.05) is 0 Å². The van der Waals surface area contributed by atoms with Gasteiger partial charge in [0.1, 0.15) is 0 Å². The molecule has 1 aliphatic heterocycles. The molecule has 1 aliphatic rings. The van der Waals surface area contributed by atoms with Gasteiger partial charge < -0.3 is 14.7 Å². The van der Waals surface area contributed by atoms with Crippen LogP contribution in [0.15, 0.2) is 18.2 Å². The third-order valence-corrected chi connectivity index (χ3v) is 3.16. The molecule has 0 aliphatic carbocycles. The minimum absolute atomic E-state index is 0.00797. The molecule has 1 aromatic rings. The molecule has 1 N–H and O–H groups in total. The van der Waals surface area contributed by atoms with Crippen LogP contribution >= 0.6 is 0 Å². The average Bonchev–Trinajstić information content (AvgIpc) is 2.85. The Bertz CT molecular complexity index is 531. The monoisotopic (exact) mass is 280 g/mol. The lowest BCUT2D eigenvalue weighted by molar-refractivity contribution is -0.385. The van der Waals surface area contributed by atoms with Gasteiger partial charge in [-0.25, -0.2) is 0 Å². The highest BCUT2D eigenvalue weighted by molar-refractivity contribution is 5.98. The lowest BCUT2D eigenvalue weighted by Gasteiger charge is -2.17. The molecule has 0 saturated carbocycles. The summed E-state index contributed by atoms with van der Waals surface area (Å²) < 4.78 is 5.29. The molecule has 1 atom stereocenters. The first-order chi connectivity index (χ1) is 9.54. The van der Waals surface area contributed by atoms with E-state index in [1.54, 1.807) is 6.92 Å². The summed E-state index contributed by atoms with van der Waals surface area (Å²) in [5, 5.41) is 20.5. The summed E-state index contributed by atoms with van der Waals surface area (Å²) in [7, 11) is 0. The summed E-state index contributed by atoms with van der Waals surface area (Å²) in [5.41, 5.74) is -0.0624. The van der Waals surface area contributed by atoms with Crippen molar-refractivity contribution in [1.82, 2.24) is 4.90 Å². The minimum atomic E-state index is -0.569. The largest absolute Gasteiger partial charge is 0.487 e. The maximum Gasteiger partial charge on any atom is 0.311 e. The van der Waals surface area contributed by atoms with E-state index in [9.17, 15) is 20.0 Å². The highest BCUT2D eigenvalue weighted by Gasteiger charge is 2.30. The molecule has 20 heavy (non-hydrogen) atoms. The van der Waals surface area contributed by atoms with Crippen LogP contribution in [0.5, 0.6) is 5.75 Å². The summed E-state index contributed by atoms with van der Waals surface area (Å²) in [6.45, 7) is 2.61. The molecule has 2 rings (SSSR count). The summed E-state index contributed by atoms with van der Waals surface area (Å²) in [4.78, 5) is 24.3. The van der Waals surface area contributed by atoms with Crippen LogP contribution in [-0.4, -0.2) is 46.6 Å². The third kappa shape index (κ3) is 2.72. The molecule has 1 amide bonds. The van der Waals surface area contributed by atoms with Crippen molar-refractivity contribution < 1.29 is 19.6 Å². The molecule has 1 fully saturated rings. The number of nitro benzene ring substituents is 1. The first kappa shape index (κ1) is 14.3. The molecule has 1 aromatic carbocycles. The van der Waals surface area contributed by atoms with E-state index in [2.05, 4.69) is 0 Å². The van der Waals surface area contributed by atoms with Crippen molar-refractivity contribution in [2.45, 2.75) is 19.4 Å². The molecule has 1 saturated heterocycles. The van der Waals surface area contributed by atoms with Gasteiger partial charge in [-0.05, 0) is 19.4 Å². The topological polar surface area (TPSA) is 92.9 Å². The maximum absolute atomic E-state index is 12.4. The van der Waals surface area contributed by atoms with Gasteiger partial charge in [0, 0.05) is 19.2 Å². The van der Waals surface area contributed by atoms with Crippen molar-refractivity contribution in [3.05, 3.63) is 33.9 Å². The molecular formula is C13H16N2O5. The fourth-order valence-corrected chi connectivity index (χ4v) is 2.23. The molecular weight excluding hydrogens is 264 g/mol. The second kappa shape index (κ2) is 5.87. The zero-order valence-corrected chi connectivity index (χ0v) is 11.1. The highest BCUT2D eigenvalue weighted by atomic mass is 16.6. The predicted octanol–water partition coefficient (Wildman–Crippen LogP) is 1.20. The molecule has 1 heterocycles. The van der Waals surface area contributed by atoms with Crippen molar-refractivity contribution in [3.63, 3.8) is 0 Å². The summed E-state index contributed by atoms with van der Waals surface area (Å²) in [6, 6.07) is 4.27. The van der Waals surface area contributed by atoms with Crippen molar-refractivity contribution in [3.8, 4) is 5.75 Å². The standard InChI is InChI=1S/C13H16N2O5/c1-2-20-12-10(4-3-5-11(12)15(18)19)13(17)14-7-6-9(16)8-14/h3-5,9,16H,2,6-8H2,1H3/t9-/m0/s1. The number of likely N-dealkylation sites (tertiary alicyclic amines) is 1. The SMILES string of the molecule is CCOc1c(C(=O)N2CC[C@H](O)C2)cccc1[N+](=O)[O-]. The zero-order chi connectivity index (χ0) is 14.7. The van der Waals surface area contributed by atoms with Crippen LogP contribution < -0.4 is 4.74 Å². The van der Waals surface area contributed by atoms with Crippen molar-refractivity contribution in [1.29, 1.82) is 0 Å². The van der Waals surface area contributed by atoms with Crippen LogP contribution in [0.25, 0.3) is 0 Å². The van der Waals surface area contributed by atoms with Gasteiger partial charge in [0.2, 0.25) is 5.75 Å². The Morgan fingerprint density at radius 2 is 2.35 bits per heavy atom. The maximum atomic E-state index is 12.4. The van der Waals surface area contributed by atoms with Crippen LogP contribution in [0.3, 0.4) is 0 Å². The van der Waals surface area contributed by atoms with Gasteiger partial charge in [0.05, 0.1) is 23.2 Å². The Morgan fingerprint density at radius 3 is 2.90 bits per heavy atom. The fraction of sp³-hybridized carbons (Fsp3) is 0.462. The second-order valence-corrected chi connectivity index (χ2v) is 4.54. The summed E-state index contributed by atoms with van der Waals surface area (Å²) >= 11 is 0. The van der Waals surface area contributed by atoms with E-state index >= 15 is 0 Å². The Morgan fingerprint density at radius 1 is 1.60 bits per heavy atom. The molecule has 0 aromatic heterocycles. The number of carbonyl (C=O) groups excluding carboxylic acids is 1. The normalized spacial score (nSPS) is 18.1. The first-order valence-electron chi connectivity index (χ1n) is 6.42. The highest BCUT2D eigenvalue weighted by Crippen LogP contribution is 2.32. The smallest absolute Gasteiger partial charge is 0.311 e. The number of aliphatic hydroxyl groups excluding tert-OH is 1. The molecule has 7 nitrogen and oxygen atoms in total. The quantitative estimate of drug-likeness (QED) is 0.660. The van der Waals surface area contributed by atoms with Gasteiger partial charge in [0.15, 0.2) is 0 Å². The number of hydrogen-bond acceptors (Lipinski definition) is 5. The molecule has 0 unspecified atom stereocenters. The number of nitro groups is 1. The molecule has 7 heteroatoms. The number of ether oxygens (including phenoxy) is 1. The number of aliphatic hydroxyl groups is 1. The number of hydrogen-bond donors (Lipinski definition) is 1. The number of para-hydroxylation sites is 1. The Labute approximate surface area is 115 Å². The van der Waals surface area contributed by atoms with Crippen molar-refractivity contribution in [2.24, 2.45) is 0 Å². The van der Waals surface area contributed by atoms with Crippen LogP contribution in [-0.2, 0) is 0 Å². The molecule has 0 radical (unpaired) electrons. The Hall–Kier alpha value is -2.15.